The monoisotopic (exact) mass is 317 g/mol. The molecule has 1 heterocycles. The molecule has 0 aromatic heterocycles. The van der Waals surface area contributed by atoms with Crippen molar-refractivity contribution >= 4 is 10.2 Å². The maximum atomic E-state index is 13.2. The molecule has 21 heavy (non-hydrogen) atoms. The molecule has 0 amide bonds. The van der Waals surface area contributed by atoms with Crippen LogP contribution in [-0.4, -0.2) is 48.7 Å². The van der Waals surface area contributed by atoms with Crippen LogP contribution in [-0.2, 0) is 10.2 Å². The smallest absolute Gasteiger partial charge is 0.282 e. The summed E-state index contributed by atoms with van der Waals surface area (Å²) in [6, 6.07) is 0. The molecule has 1 saturated carbocycles. The molecule has 5 nitrogen and oxygen atoms in total. The highest BCUT2D eigenvalue weighted by molar-refractivity contribution is 7.86. The van der Waals surface area contributed by atoms with Crippen LogP contribution in [0.25, 0.3) is 0 Å². The molecule has 2 N–H and O–H groups in total. The molecule has 2 fully saturated rings. The Labute approximate surface area is 130 Å². The number of nitrogens with two attached hydrogens (primary N) is 1. The van der Waals surface area contributed by atoms with Crippen LogP contribution in [0.15, 0.2) is 0 Å². The van der Waals surface area contributed by atoms with Crippen molar-refractivity contribution in [3.63, 3.8) is 0 Å². The molecular formula is C15H31N3O2S. The van der Waals surface area contributed by atoms with Gasteiger partial charge >= 0.3 is 0 Å². The lowest BCUT2D eigenvalue weighted by Gasteiger charge is -2.41. The largest absolute Gasteiger partial charge is 0.329 e. The Morgan fingerprint density at radius 3 is 2.10 bits per heavy atom. The highest BCUT2D eigenvalue weighted by atomic mass is 32.2. The summed E-state index contributed by atoms with van der Waals surface area (Å²) in [5.74, 6) is 0. The van der Waals surface area contributed by atoms with E-state index in [-0.39, 0.29) is 5.54 Å². The fraction of sp³-hybridized carbons (Fsp3) is 1.00. The van der Waals surface area contributed by atoms with E-state index in [9.17, 15) is 8.42 Å². The van der Waals surface area contributed by atoms with Gasteiger partial charge in [-0.1, -0.05) is 32.6 Å². The fourth-order valence-electron chi connectivity index (χ4n) is 3.80. The van der Waals surface area contributed by atoms with Crippen molar-refractivity contribution in [3.8, 4) is 0 Å². The lowest BCUT2D eigenvalue weighted by Crippen LogP contribution is -2.58. The first kappa shape index (κ1) is 17.2. The number of hydrogen-bond acceptors (Lipinski definition) is 3. The average Bonchev–Trinajstić information content (AvgIpc) is 2.78. The van der Waals surface area contributed by atoms with Gasteiger partial charge in [0.2, 0.25) is 0 Å². The van der Waals surface area contributed by atoms with Crippen LogP contribution in [0.4, 0.5) is 0 Å². The first-order valence-corrected chi connectivity index (χ1v) is 9.94. The first-order chi connectivity index (χ1) is 10.1. The van der Waals surface area contributed by atoms with Gasteiger partial charge in [0.25, 0.3) is 10.2 Å². The van der Waals surface area contributed by atoms with E-state index in [4.69, 9.17) is 5.73 Å². The Morgan fingerprint density at radius 1 is 1.05 bits per heavy atom. The zero-order valence-corrected chi connectivity index (χ0v) is 14.2. The van der Waals surface area contributed by atoms with Crippen LogP contribution < -0.4 is 5.73 Å². The molecule has 2 rings (SSSR count). The van der Waals surface area contributed by atoms with Gasteiger partial charge < -0.3 is 5.73 Å². The Balaban J connectivity index is 2.26. The van der Waals surface area contributed by atoms with Gasteiger partial charge in [0.05, 0.1) is 0 Å². The SMILES string of the molecule is CCCN(C1(CN)CCCC1)S(=O)(=O)N1CCCCCC1. The molecule has 0 bridgehead atoms. The van der Waals surface area contributed by atoms with Crippen LogP contribution in [0.1, 0.15) is 64.7 Å². The first-order valence-electron chi connectivity index (χ1n) is 8.55. The molecule has 1 saturated heterocycles. The topological polar surface area (TPSA) is 66.6 Å². The summed E-state index contributed by atoms with van der Waals surface area (Å²) in [6.07, 6.45) is 9.09. The minimum atomic E-state index is -3.38. The van der Waals surface area contributed by atoms with Crippen molar-refractivity contribution < 1.29 is 8.42 Å². The van der Waals surface area contributed by atoms with Gasteiger partial charge in [-0.25, -0.2) is 0 Å². The van der Waals surface area contributed by atoms with Gasteiger partial charge in [-0.2, -0.15) is 17.0 Å². The number of nitrogens with zero attached hydrogens (tertiary/aromatic N) is 2. The van der Waals surface area contributed by atoms with Gasteiger partial charge in [-0.15, -0.1) is 0 Å². The second-order valence-corrected chi connectivity index (χ2v) is 8.38. The highest BCUT2D eigenvalue weighted by Gasteiger charge is 2.46. The molecule has 0 aromatic rings. The van der Waals surface area contributed by atoms with Crippen LogP contribution >= 0.6 is 0 Å². The van der Waals surface area contributed by atoms with E-state index in [1.165, 1.54) is 0 Å². The summed E-state index contributed by atoms with van der Waals surface area (Å²) in [7, 11) is -3.38. The van der Waals surface area contributed by atoms with Crippen molar-refractivity contribution in [2.75, 3.05) is 26.2 Å². The van der Waals surface area contributed by atoms with Crippen LogP contribution in [0.3, 0.4) is 0 Å². The zero-order valence-electron chi connectivity index (χ0n) is 13.4. The third kappa shape index (κ3) is 3.60. The Kier molecular flexibility index (Phi) is 6.05. The summed E-state index contributed by atoms with van der Waals surface area (Å²) >= 11 is 0. The summed E-state index contributed by atoms with van der Waals surface area (Å²) in [6.45, 7) is 4.42. The number of hydrogen-bond donors (Lipinski definition) is 1. The standard InChI is InChI=1S/C15H31N3O2S/c1-2-11-18(15(14-16)9-5-6-10-15)21(19,20)17-12-7-3-4-8-13-17/h2-14,16H2,1H3. The minimum Gasteiger partial charge on any atom is -0.329 e. The van der Waals surface area contributed by atoms with Crippen LogP contribution in [0.5, 0.6) is 0 Å². The Morgan fingerprint density at radius 2 is 1.62 bits per heavy atom. The van der Waals surface area contributed by atoms with E-state index in [0.717, 1.165) is 57.8 Å². The van der Waals surface area contributed by atoms with Gasteiger partial charge in [-0.3, -0.25) is 0 Å². The molecule has 1 aliphatic heterocycles. The summed E-state index contributed by atoms with van der Waals surface area (Å²) in [5.41, 5.74) is 5.70. The van der Waals surface area contributed by atoms with Crippen molar-refractivity contribution in [1.29, 1.82) is 0 Å². The molecule has 0 radical (unpaired) electrons. The van der Waals surface area contributed by atoms with Crippen molar-refractivity contribution in [3.05, 3.63) is 0 Å². The molecule has 0 unspecified atom stereocenters. The quantitative estimate of drug-likeness (QED) is 0.815. The van der Waals surface area contributed by atoms with Gasteiger partial charge in [0, 0.05) is 31.7 Å². The lowest BCUT2D eigenvalue weighted by molar-refractivity contribution is 0.182. The van der Waals surface area contributed by atoms with E-state index in [0.29, 0.717) is 26.2 Å². The molecule has 0 spiro atoms. The summed E-state index contributed by atoms with van der Waals surface area (Å²) in [5, 5.41) is 0. The third-order valence-electron chi connectivity index (χ3n) is 5.04. The van der Waals surface area contributed by atoms with Crippen LogP contribution in [0.2, 0.25) is 0 Å². The molecular weight excluding hydrogens is 286 g/mol. The Hall–Kier alpha value is -0.170. The van der Waals surface area contributed by atoms with Crippen molar-refractivity contribution in [2.24, 2.45) is 5.73 Å². The Bertz CT molecular complexity index is 411. The van der Waals surface area contributed by atoms with Gasteiger partial charge in [-0.05, 0) is 32.1 Å². The van der Waals surface area contributed by atoms with E-state index in [1.54, 1.807) is 8.61 Å². The van der Waals surface area contributed by atoms with E-state index < -0.39 is 10.2 Å². The molecule has 124 valence electrons. The second kappa shape index (κ2) is 7.40. The fourth-order valence-corrected chi connectivity index (χ4v) is 5.96. The summed E-state index contributed by atoms with van der Waals surface area (Å²) in [4.78, 5) is 0. The maximum Gasteiger partial charge on any atom is 0.282 e. The van der Waals surface area contributed by atoms with E-state index in [2.05, 4.69) is 0 Å². The second-order valence-electron chi connectivity index (χ2n) is 6.53. The van der Waals surface area contributed by atoms with E-state index in [1.807, 2.05) is 6.92 Å². The molecule has 1 aliphatic carbocycles. The van der Waals surface area contributed by atoms with E-state index >= 15 is 0 Å². The minimum absolute atomic E-state index is 0.332. The maximum absolute atomic E-state index is 13.2. The van der Waals surface area contributed by atoms with Gasteiger partial charge in [0.1, 0.15) is 0 Å². The third-order valence-corrected chi connectivity index (χ3v) is 7.18. The molecule has 0 atom stereocenters. The lowest BCUT2D eigenvalue weighted by atomic mass is 9.98. The molecule has 2 aliphatic rings. The average molecular weight is 317 g/mol. The van der Waals surface area contributed by atoms with Crippen LogP contribution in [0, 0.1) is 0 Å². The normalized spacial score (nSPS) is 24.3. The molecule has 0 aromatic carbocycles. The van der Waals surface area contributed by atoms with Gasteiger partial charge in [0.15, 0.2) is 0 Å². The highest BCUT2D eigenvalue weighted by Crippen LogP contribution is 2.37. The predicted molar refractivity (Wildman–Crippen MR) is 86.2 cm³/mol. The van der Waals surface area contributed by atoms with Crippen molar-refractivity contribution in [2.45, 2.75) is 70.3 Å². The number of rotatable bonds is 6. The predicted octanol–water partition coefficient (Wildman–Crippen LogP) is 2.09. The summed E-state index contributed by atoms with van der Waals surface area (Å²) < 4.78 is 29.8. The zero-order chi connectivity index (χ0) is 15.3. The molecule has 6 heteroatoms. The van der Waals surface area contributed by atoms with Crippen molar-refractivity contribution in [1.82, 2.24) is 8.61 Å².